The van der Waals surface area contributed by atoms with Crippen molar-refractivity contribution in [2.45, 2.75) is 36.4 Å². The van der Waals surface area contributed by atoms with Crippen molar-refractivity contribution in [2.24, 2.45) is 11.7 Å². The lowest BCUT2D eigenvalue weighted by Gasteiger charge is -2.44. The number of primary amides is 1. The molecule has 0 saturated carbocycles. The van der Waals surface area contributed by atoms with E-state index in [4.69, 9.17) is 5.73 Å². The number of nitrogens with one attached hydrogen (secondary N) is 1. The van der Waals surface area contributed by atoms with Gasteiger partial charge in [0, 0.05) is 23.8 Å². The van der Waals surface area contributed by atoms with Gasteiger partial charge >= 0.3 is 11.8 Å². The summed E-state index contributed by atoms with van der Waals surface area (Å²) in [4.78, 5) is 10.2. The van der Waals surface area contributed by atoms with E-state index in [1.807, 2.05) is 0 Å². The summed E-state index contributed by atoms with van der Waals surface area (Å²) in [6.45, 7) is -0.353. The Morgan fingerprint density at radius 1 is 1.35 bits per heavy atom. The SMILES string of the molecule is NC(=O)C1CC(C2(F)C(S)=CCC(F)(F)C2(F)F)CN1. The average molecular weight is 316 g/mol. The van der Waals surface area contributed by atoms with Crippen LogP contribution in [0, 0.1) is 5.92 Å². The van der Waals surface area contributed by atoms with Crippen molar-refractivity contribution in [3.8, 4) is 0 Å². The maximum Gasteiger partial charge on any atom is 0.348 e. The topological polar surface area (TPSA) is 55.1 Å². The second-order valence-electron chi connectivity index (χ2n) is 5.08. The zero-order chi connectivity index (χ0) is 15.3. The second kappa shape index (κ2) is 4.59. The third-order valence-corrected chi connectivity index (χ3v) is 4.39. The molecule has 3 atom stereocenters. The number of amides is 1. The Hall–Kier alpha value is -0.830. The van der Waals surface area contributed by atoms with Gasteiger partial charge in [0.2, 0.25) is 11.6 Å². The van der Waals surface area contributed by atoms with E-state index < -0.39 is 46.7 Å². The maximum atomic E-state index is 14.8. The van der Waals surface area contributed by atoms with Gasteiger partial charge in [0.1, 0.15) is 0 Å². The number of allylic oxidation sites excluding steroid dienone is 2. The fourth-order valence-corrected chi connectivity index (χ4v) is 3.06. The Kier molecular flexibility index (Phi) is 3.57. The molecule has 1 aliphatic carbocycles. The summed E-state index contributed by atoms with van der Waals surface area (Å²) < 4.78 is 69.4. The first kappa shape index (κ1) is 15.6. The molecule has 1 amide bonds. The highest BCUT2D eigenvalue weighted by molar-refractivity contribution is 7.84. The van der Waals surface area contributed by atoms with Crippen molar-refractivity contribution < 1.29 is 26.7 Å². The number of carbonyl (C=O) groups excluding carboxylic acids is 1. The molecule has 3 nitrogen and oxygen atoms in total. The average Bonchev–Trinajstić information content (AvgIpc) is 2.83. The van der Waals surface area contributed by atoms with Gasteiger partial charge in [0.15, 0.2) is 0 Å². The molecule has 3 unspecified atom stereocenters. The maximum absolute atomic E-state index is 14.8. The van der Waals surface area contributed by atoms with E-state index in [2.05, 4.69) is 17.9 Å². The lowest BCUT2D eigenvalue weighted by Crippen LogP contribution is -2.62. The van der Waals surface area contributed by atoms with Crippen molar-refractivity contribution in [1.29, 1.82) is 0 Å². The molecule has 1 heterocycles. The van der Waals surface area contributed by atoms with E-state index in [0.29, 0.717) is 6.08 Å². The molecule has 0 radical (unpaired) electrons. The fraction of sp³-hybridized carbons (Fsp3) is 0.727. The molecule has 0 aromatic rings. The summed E-state index contributed by atoms with van der Waals surface area (Å²) in [5, 5.41) is 2.46. The zero-order valence-corrected chi connectivity index (χ0v) is 11.1. The minimum absolute atomic E-state index is 0.353. The van der Waals surface area contributed by atoms with Crippen LogP contribution in [0.3, 0.4) is 0 Å². The second-order valence-corrected chi connectivity index (χ2v) is 5.56. The van der Waals surface area contributed by atoms with Gasteiger partial charge in [-0.1, -0.05) is 6.08 Å². The molecule has 1 aliphatic heterocycles. The van der Waals surface area contributed by atoms with Crippen LogP contribution < -0.4 is 11.1 Å². The van der Waals surface area contributed by atoms with Crippen molar-refractivity contribution >= 4 is 18.5 Å². The number of alkyl halides is 5. The van der Waals surface area contributed by atoms with Crippen LogP contribution >= 0.6 is 12.6 Å². The molecule has 2 rings (SSSR count). The molecule has 1 fully saturated rings. The van der Waals surface area contributed by atoms with Gasteiger partial charge in [0.05, 0.1) is 6.04 Å². The highest BCUT2D eigenvalue weighted by Gasteiger charge is 2.74. The summed E-state index contributed by atoms with van der Waals surface area (Å²) in [7, 11) is 0. The lowest BCUT2D eigenvalue weighted by atomic mass is 9.75. The van der Waals surface area contributed by atoms with Crippen LogP contribution in [0.5, 0.6) is 0 Å². The predicted octanol–water partition coefficient (Wildman–Crippen LogP) is 1.65. The number of hydrogen-bond acceptors (Lipinski definition) is 3. The Balaban J connectivity index is 2.39. The van der Waals surface area contributed by atoms with Crippen LogP contribution in [0.2, 0.25) is 0 Å². The van der Waals surface area contributed by atoms with Gasteiger partial charge in [-0.05, 0) is 6.42 Å². The number of hydrogen-bond donors (Lipinski definition) is 3. The zero-order valence-electron chi connectivity index (χ0n) is 10.2. The van der Waals surface area contributed by atoms with Crippen LogP contribution in [-0.4, -0.2) is 36.0 Å². The molecule has 0 aromatic heterocycles. The summed E-state index contributed by atoms with van der Waals surface area (Å²) in [6.07, 6.45) is -0.989. The highest BCUT2D eigenvalue weighted by atomic mass is 32.1. The Morgan fingerprint density at radius 3 is 2.45 bits per heavy atom. The first-order valence-electron chi connectivity index (χ1n) is 5.91. The number of nitrogens with two attached hydrogens (primary N) is 1. The van der Waals surface area contributed by atoms with Gasteiger partial charge in [-0.3, -0.25) is 4.79 Å². The lowest BCUT2D eigenvalue weighted by molar-refractivity contribution is -0.274. The molecular weight excluding hydrogens is 303 g/mol. The third-order valence-electron chi connectivity index (χ3n) is 3.88. The summed E-state index contributed by atoms with van der Waals surface area (Å²) in [5.74, 6) is -11.7. The van der Waals surface area contributed by atoms with Crippen LogP contribution in [-0.2, 0) is 4.79 Å². The molecule has 0 aromatic carbocycles. The molecular formula is C11H13F5N2OS. The van der Waals surface area contributed by atoms with Crippen molar-refractivity contribution in [3.63, 3.8) is 0 Å². The molecule has 2 aliphatic rings. The normalized spacial score (nSPS) is 39.4. The summed E-state index contributed by atoms with van der Waals surface area (Å²) >= 11 is 3.62. The standard InChI is InChI=1S/C11H13F5N2OS/c12-9(13)2-1-7(20)10(14,11(9,15)16)5-3-6(8(17)19)18-4-5/h1,5-6,18,20H,2-4H2,(H2,17,19). The van der Waals surface area contributed by atoms with Crippen molar-refractivity contribution in [3.05, 3.63) is 11.0 Å². The van der Waals surface area contributed by atoms with Crippen molar-refractivity contribution in [2.75, 3.05) is 6.54 Å². The van der Waals surface area contributed by atoms with Crippen LogP contribution in [0.4, 0.5) is 22.0 Å². The smallest absolute Gasteiger partial charge is 0.348 e. The Bertz CT molecular complexity index is 470. The number of thiol groups is 1. The molecule has 20 heavy (non-hydrogen) atoms. The monoisotopic (exact) mass is 316 g/mol. The van der Waals surface area contributed by atoms with Crippen LogP contribution in [0.15, 0.2) is 11.0 Å². The molecule has 0 bridgehead atoms. The van der Waals surface area contributed by atoms with E-state index in [-0.39, 0.29) is 13.0 Å². The first-order valence-corrected chi connectivity index (χ1v) is 6.35. The predicted molar refractivity (Wildman–Crippen MR) is 64.5 cm³/mol. The number of carbonyl (C=O) groups is 1. The van der Waals surface area contributed by atoms with Gasteiger partial charge in [-0.2, -0.15) is 17.6 Å². The minimum Gasteiger partial charge on any atom is -0.368 e. The van der Waals surface area contributed by atoms with Gasteiger partial charge in [-0.15, -0.1) is 12.6 Å². The van der Waals surface area contributed by atoms with Crippen LogP contribution in [0.25, 0.3) is 0 Å². The Labute approximate surface area is 117 Å². The van der Waals surface area contributed by atoms with E-state index >= 15 is 0 Å². The van der Waals surface area contributed by atoms with E-state index in [9.17, 15) is 26.7 Å². The van der Waals surface area contributed by atoms with Gasteiger partial charge in [-0.25, -0.2) is 4.39 Å². The largest absolute Gasteiger partial charge is 0.368 e. The summed E-state index contributed by atoms with van der Waals surface area (Å²) in [5.41, 5.74) is 1.38. The van der Waals surface area contributed by atoms with E-state index in [1.165, 1.54) is 0 Å². The highest BCUT2D eigenvalue weighted by Crippen LogP contribution is 2.58. The van der Waals surface area contributed by atoms with E-state index in [1.54, 1.807) is 0 Å². The number of rotatable bonds is 2. The minimum atomic E-state index is -4.90. The molecule has 9 heteroatoms. The van der Waals surface area contributed by atoms with Gasteiger partial charge < -0.3 is 11.1 Å². The molecule has 0 spiro atoms. The molecule has 1 saturated heterocycles. The van der Waals surface area contributed by atoms with Crippen LogP contribution in [0.1, 0.15) is 12.8 Å². The molecule has 114 valence electrons. The number of halogens is 5. The third kappa shape index (κ3) is 1.93. The van der Waals surface area contributed by atoms with Crippen molar-refractivity contribution in [1.82, 2.24) is 5.32 Å². The molecule has 3 N–H and O–H groups in total. The van der Waals surface area contributed by atoms with Gasteiger partial charge in [0.25, 0.3) is 0 Å². The van der Waals surface area contributed by atoms with E-state index in [0.717, 1.165) is 0 Å². The quantitative estimate of drug-likeness (QED) is 0.536. The first-order chi connectivity index (χ1) is 9.04. The fourth-order valence-electron chi connectivity index (χ4n) is 2.65. The summed E-state index contributed by atoms with van der Waals surface area (Å²) in [6, 6.07) is -1.01. The Morgan fingerprint density at radius 2 is 1.95 bits per heavy atom.